The second-order valence-electron chi connectivity index (χ2n) is 7.34. The number of anilines is 2. The van der Waals surface area contributed by atoms with E-state index in [1.54, 1.807) is 60.7 Å². The van der Waals surface area contributed by atoms with Crippen LogP contribution in [0, 0.1) is 17.1 Å². The number of nitrogens with zero attached hydrogens (tertiary/aromatic N) is 2. The summed E-state index contributed by atoms with van der Waals surface area (Å²) in [6, 6.07) is 21.4. The van der Waals surface area contributed by atoms with Crippen LogP contribution in [0.15, 0.2) is 87.9 Å². The summed E-state index contributed by atoms with van der Waals surface area (Å²) in [5.74, 6) is -1.26. The molecule has 1 aliphatic heterocycles. The lowest BCUT2D eigenvalue weighted by molar-refractivity contribution is -0.117. The molecule has 1 N–H and O–H groups in total. The first kappa shape index (κ1) is 24.0. The molecule has 0 unspecified atom stereocenters. The SMILES string of the molecule is N#C/C(C(=O)Nc1ccc(Cl)cc1)=C1/S[C@H](Cc2ccc(F)cc2)C(=O)N1c1ccc(Br)cc1. The molecular weight excluding hydrogens is 541 g/mol. The highest BCUT2D eigenvalue weighted by atomic mass is 79.9. The molecule has 0 radical (unpaired) electrons. The standard InChI is InChI=1S/C25H16BrClFN3O2S/c26-16-3-11-20(12-4-16)31-24(33)22(13-15-1-7-18(28)8-2-15)34-25(31)21(14-29)23(32)30-19-9-5-17(27)6-10-19/h1-12,22H,13H2,(H,30,32)/b25-21-/t22-/m1/s1. The van der Waals surface area contributed by atoms with Crippen molar-refractivity contribution in [2.75, 3.05) is 10.2 Å². The lowest BCUT2D eigenvalue weighted by atomic mass is 10.1. The molecule has 1 heterocycles. The van der Waals surface area contributed by atoms with Gasteiger partial charge < -0.3 is 5.32 Å². The van der Waals surface area contributed by atoms with Gasteiger partial charge in [0.15, 0.2) is 0 Å². The van der Waals surface area contributed by atoms with E-state index in [2.05, 4.69) is 21.2 Å². The number of carbonyl (C=O) groups is 2. The van der Waals surface area contributed by atoms with E-state index in [0.29, 0.717) is 22.8 Å². The van der Waals surface area contributed by atoms with Crippen LogP contribution in [0.5, 0.6) is 0 Å². The van der Waals surface area contributed by atoms with Gasteiger partial charge >= 0.3 is 0 Å². The third kappa shape index (κ3) is 5.33. The average Bonchev–Trinajstić information content (AvgIpc) is 3.13. The second-order valence-corrected chi connectivity index (χ2v) is 9.88. The van der Waals surface area contributed by atoms with Crippen LogP contribution in [0.25, 0.3) is 0 Å². The minimum absolute atomic E-state index is 0.183. The van der Waals surface area contributed by atoms with Crippen LogP contribution in [0.4, 0.5) is 15.8 Å². The molecule has 1 atom stereocenters. The van der Waals surface area contributed by atoms with E-state index in [-0.39, 0.29) is 22.3 Å². The quantitative estimate of drug-likeness (QED) is 0.295. The topological polar surface area (TPSA) is 73.2 Å². The Morgan fingerprint density at radius 2 is 1.74 bits per heavy atom. The zero-order chi connectivity index (χ0) is 24.2. The van der Waals surface area contributed by atoms with Gasteiger partial charge in [-0.05, 0) is 72.6 Å². The molecule has 0 saturated carbocycles. The third-order valence-corrected chi connectivity index (χ3v) is 7.07. The Hall–Kier alpha value is -3.12. The van der Waals surface area contributed by atoms with E-state index in [1.165, 1.54) is 17.0 Å². The van der Waals surface area contributed by atoms with Crippen molar-refractivity contribution in [2.24, 2.45) is 0 Å². The molecule has 4 rings (SSSR count). The lowest BCUT2D eigenvalue weighted by Crippen LogP contribution is -2.30. The Balaban J connectivity index is 1.71. The molecule has 2 amide bonds. The summed E-state index contributed by atoms with van der Waals surface area (Å²) >= 11 is 10.4. The van der Waals surface area contributed by atoms with Gasteiger partial charge in [0.2, 0.25) is 5.91 Å². The number of thioether (sulfide) groups is 1. The van der Waals surface area contributed by atoms with Crippen LogP contribution >= 0.6 is 39.3 Å². The summed E-state index contributed by atoms with van der Waals surface area (Å²) in [7, 11) is 0. The number of hydrogen-bond acceptors (Lipinski definition) is 4. The van der Waals surface area contributed by atoms with Gasteiger partial charge in [-0.1, -0.05) is 51.4 Å². The van der Waals surface area contributed by atoms with Crippen LogP contribution in [0.2, 0.25) is 5.02 Å². The lowest BCUT2D eigenvalue weighted by Gasteiger charge is -2.19. The summed E-state index contributed by atoms with van der Waals surface area (Å²) in [4.78, 5) is 27.9. The van der Waals surface area contributed by atoms with Crippen molar-refractivity contribution < 1.29 is 14.0 Å². The fourth-order valence-corrected chi connectivity index (χ4v) is 5.07. The van der Waals surface area contributed by atoms with Gasteiger partial charge in [-0.2, -0.15) is 5.26 Å². The molecule has 1 aliphatic rings. The van der Waals surface area contributed by atoms with Crippen LogP contribution < -0.4 is 10.2 Å². The first-order valence-electron chi connectivity index (χ1n) is 10.1. The maximum absolute atomic E-state index is 13.4. The molecule has 5 nitrogen and oxygen atoms in total. The van der Waals surface area contributed by atoms with Crippen molar-refractivity contribution in [3.8, 4) is 6.07 Å². The van der Waals surface area contributed by atoms with Crippen molar-refractivity contribution in [2.45, 2.75) is 11.7 Å². The smallest absolute Gasteiger partial charge is 0.269 e. The maximum Gasteiger partial charge on any atom is 0.269 e. The highest BCUT2D eigenvalue weighted by Crippen LogP contribution is 2.42. The number of nitrogens with one attached hydrogen (secondary N) is 1. The second kappa shape index (κ2) is 10.4. The minimum Gasteiger partial charge on any atom is -0.321 e. The molecule has 3 aromatic rings. The van der Waals surface area contributed by atoms with Crippen LogP contribution in [-0.4, -0.2) is 17.1 Å². The Morgan fingerprint density at radius 1 is 1.09 bits per heavy atom. The van der Waals surface area contributed by atoms with Gasteiger partial charge in [-0.3, -0.25) is 14.5 Å². The number of nitriles is 1. The van der Waals surface area contributed by atoms with Gasteiger partial charge in [0, 0.05) is 20.9 Å². The molecule has 0 aromatic heterocycles. The van der Waals surface area contributed by atoms with Crippen molar-refractivity contribution in [1.82, 2.24) is 0 Å². The molecule has 1 fully saturated rings. The monoisotopic (exact) mass is 555 g/mol. The van der Waals surface area contributed by atoms with E-state index in [9.17, 15) is 19.2 Å². The van der Waals surface area contributed by atoms with E-state index >= 15 is 0 Å². The van der Waals surface area contributed by atoms with E-state index in [0.717, 1.165) is 21.8 Å². The Labute approximate surface area is 213 Å². The summed E-state index contributed by atoms with van der Waals surface area (Å²) < 4.78 is 14.1. The first-order valence-corrected chi connectivity index (χ1v) is 12.1. The summed E-state index contributed by atoms with van der Waals surface area (Å²) in [5.41, 5.74) is 1.59. The number of carbonyl (C=O) groups excluding carboxylic acids is 2. The van der Waals surface area contributed by atoms with Crippen LogP contribution in [-0.2, 0) is 16.0 Å². The van der Waals surface area contributed by atoms with E-state index in [4.69, 9.17) is 11.6 Å². The van der Waals surface area contributed by atoms with Crippen LogP contribution in [0.3, 0.4) is 0 Å². The fourth-order valence-electron chi connectivity index (χ4n) is 3.37. The zero-order valence-corrected chi connectivity index (χ0v) is 20.6. The van der Waals surface area contributed by atoms with Gasteiger partial charge in [0.25, 0.3) is 5.91 Å². The number of rotatable bonds is 5. The van der Waals surface area contributed by atoms with Crippen molar-refractivity contribution in [3.05, 3.63) is 104 Å². The first-order chi connectivity index (χ1) is 16.4. The molecule has 1 saturated heterocycles. The predicted octanol–water partition coefficient (Wildman–Crippen LogP) is 6.31. The fraction of sp³-hybridized carbons (Fsp3) is 0.0800. The summed E-state index contributed by atoms with van der Waals surface area (Å²) in [6.45, 7) is 0. The predicted molar refractivity (Wildman–Crippen MR) is 136 cm³/mol. The molecule has 0 bridgehead atoms. The van der Waals surface area contributed by atoms with Crippen molar-refractivity contribution >= 4 is 62.5 Å². The normalized spacial score (nSPS) is 16.8. The number of halogens is 3. The Morgan fingerprint density at radius 3 is 2.35 bits per heavy atom. The minimum atomic E-state index is -0.635. The number of benzene rings is 3. The van der Waals surface area contributed by atoms with Gasteiger partial charge in [-0.15, -0.1) is 0 Å². The average molecular weight is 557 g/mol. The molecule has 34 heavy (non-hydrogen) atoms. The molecule has 170 valence electrons. The summed E-state index contributed by atoms with van der Waals surface area (Å²) in [5, 5.41) is 12.7. The largest absolute Gasteiger partial charge is 0.321 e. The van der Waals surface area contributed by atoms with Crippen LogP contribution in [0.1, 0.15) is 5.56 Å². The van der Waals surface area contributed by atoms with Gasteiger partial charge in [0.1, 0.15) is 22.5 Å². The van der Waals surface area contributed by atoms with Crippen molar-refractivity contribution in [1.29, 1.82) is 5.26 Å². The van der Waals surface area contributed by atoms with Gasteiger partial charge in [0.05, 0.1) is 5.25 Å². The van der Waals surface area contributed by atoms with E-state index in [1.807, 2.05) is 6.07 Å². The molecular formula is C25H16BrClFN3O2S. The van der Waals surface area contributed by atoms with E-state index < -0.39 is 11.2 Å². The van der Waals surface area contributed by atoms with Gasteiger partial charge in [-0.25, -0.2) is 4.39 Å². The van der Waals surface area contributed by atoms with Crippen molar-refractivity contribution in [3.63, 3.8) is 0 Å². The highest BCUT2D eigenvalue weighted by molar-refractivity contribution is 9.10. The third-order valence-electron chi connectivity index (χ3n) is 5.03. The Bertz CT molecular complexity index is 1310. The number of amides is 2. The highest BCUT2D eigenvalue weighted by Gasteiger charge is 2.40. The zero-order valence-electron chi connectivity index (χ0n) is 17.5. The maximum atomic E-state index is 13.4. The summed E-state index contributed by atoms with van der Waals surface area (Å²) in [6.07, 6.45) is 0.317. The number of hydrogen-bond donors (Lipinski definition) is 1. The Kier molecular flexibility index (Phi) is 7.37. The molecule has 0 spiro atoms. The molecule has 9 heteroatoms. The molecule has 0 aliphatic carbocycles. The molecule has 3 aromatic carbocycles.